The summed E-state index contributed by atoms with van der Waals surface area (Å²) in [7, 11) is 0. The Hall–Kier alpha value is -1.15. The third-order valence-corrected chi connectivity index (χ3v) is 3.03. The van der Waals surface area contributed by atoms with Crippen molar-refractivity contribution < 1.29 is 0 Å². The smallest absolute Gasteiger partial charge is 0.0814 e. The van der Waals surface area contributed by atoms with E-state index in [4.69, 9.17) is 0 Å². The molecule has 0 saturated heterocycles. The number of thiazole rings is 1. The lowest BCUT2D eigenvalue weighted by Crippen LogP contribution is -2.12. The molecule has 0 N–H and O–H groups in total. The molecule has 0 aliphatic carbocycles. The fraction of sp³-hybridized carbons (Fsp3) is 0.308. The van der Waals surface area contributed by atoms with Crippen LogP contribution >= 0.6 is 11.3 Å². The van der Waals surface area contributed by atoms with Gasteiger partial charge in [0.25, 0.3) is 0 Å². The summed E-state index contributed by atoms with van der Waals surface area (Å²) in [5.74, 6) is 0. The zero-order chi connectivity index (χ0) is 10.9. The van der Waals surface area contributed by atoms with Crippen LogP contribution in [0.1, 0.15) is 26.3 Å². The molecule has 0 amide bonds. The summed E-state index contributed by atoms with van der Waals surface area (Å²) in [6.45, 7) is 6.70. The Labute approximate surface area is 94.8 Å². The van der Waals surface area contributed by atoms with Crippen LogP contribution in [0.4, 0.5) is 0 Å². The highest BCUT2D eigenvalue weighted by Crippen LogP contribution is 2.32. The minimum absolute atomic E-state index is 0.167. The molecule has 0 fully saturated rings. The van der Waals surface area contributed by atoms with Gasteiger partial charge in [0.2, 0.25) is 0 Å². The molecular weight excluding hydrogens is 202 g/mol. The predicted octanol–water partition coefficient (Wildman–Crippen LogP) is 4.11. The summed E-state index contributed by atoms with van der Waals surface area (Å²) in [4.78, 5) is 4.38. The lowest BCUT2D eigenvalue weighted by atomic mass is 9.83. The van der Waals surface area contributed by atoms with E-state index in [0.717, 1.165) is 5.69 Å². The topological polar surface area (TPSA) is 12.9 Å². The van der Waals surface area contributed by atoms with Gasteiger partial charge in [-0.05, 0) is 11.0 Å². The van der Waals surface area contributed by atoms with E-state index < -0.39 is 0 Å². The highest BCUT2D eigenvalue weighted by molar-refractivity contribution is 7.07. The van der Waals surface area contributed by atoms with Gasteiger partial charge in [-0.25, -0.2) is 4.98 Å². The van der Waals surface area contributed by atoms with Crippen molar-refractivity contribution in [3.63, 3.8) is 0 Å². The molecule has 1 nitrogen and oxygen atoms in total. The zero-order valence-electron chi connectivity index (χ0n) is 9.32. The quantitative estimate of drug-likeness (QED) is 0.700. The third kappa shape index (κ3) is 2.10. The number of hydrogen-bond donors (Lipinski definition) is 0. The molecule has 1 heterocycles. The number of rotatable bonds is 1. The highest BCUT2D eigenvalue weighted by Gasteiger charge is 2.18. The molecule has 78 valence electrons. The summed E-state index contributed by atoms with van der Waals surface area (Å²) in [5.41, 5.74) is 5.75. The van der Waals surface area contributed by atoms with Crippen molar-refractivity contribution in [3.8, 4) is 11.3 Å². The Morgan fingerprint density at radius 1 is 1.13 bits per heavy atom. The molecular formula is C13H15NS. The first kappa shape index (κ1) is 10.4. The molecule has 0 atom stereocenters. The lowest BCUT2D eigenvalue weighted by molar-refractivity contribution is 0.592. The van der Waals surface area contributed by atoms with Gasteiger partial charge in [0.15, 0.2) is 0 Å². The molecule has 1 aromatic heterocycles. The van der Waals surface area contributed by atoms with E-state index in [9.17, 15) is 0 Å². The minimum atomic E-state index is 0.167. The first-order chi connectivity index (χ1) is 7.09. The van der Waals surface area contributed by atoms with Gasteiger partial charge in [-0.3, -0.25) is 0 Å². The van der Waals surface area contributed by atoms with Gasteiger partial charge in [-0.15, -0.1) is 11.3 Å². The maximum absolute atomic E-state index is 4.38. The Kier molecular flexibility index (Phi) is 2.61. The van der Waals surface area contributed by atoms with Gasteiger partial charge in [0, 0.05) is 10.9 Å². The SMILES string of the molecule is CC(C)(C)c1ccccc1-c1cscn1. The van der Waals surface area contributed by atoms with Crippen LogP contribution in [0.15, 0.2) is 35.2 Å². The third-order valence-electron chi connectivity index (χ3n) is 2.44. The van der Waals surface area contributed by atoms with Crippen LogP contribution in [0.25, 0.3) is 11.3 Å². The molecule has 1 aromatic carbocycles. The molecule has 0 aliphatic rings. The molecule has 0 aliphatic heterocycles. The van der Waals surface area contributed by atoms with Gasteiger partial charge >= 0.3 is 0 Å². The fourth-order valence-corrected chi connectivity index (χ4v) is 2.26. The Bertz CT molecular complexity index is 438. The molecule has 0 spiro atoms. The van der Waals surface area contributed by atoms with Crippen molar-refractivity contribution in [1.82, 2.24) is 4.98 Å². The van der Waals surface area contributed by atoms with Crippen molar-refractivity contribution in [2.75, 3.05) is 0 Å². The molecule has 15 heavy (non-hydrogen) atoms. The van der Waals surface area contributed by atoms with Crippen molar-refractivity contribution >= 4 is 11.3 Å². The summed E-state index contributed by atoms with van der Waals surface area (Å²) in [5, 5.41) is 2.10. The van der Waals surface area contributed by atoms with E-state index in [1.807, 2.05) is 5.51 Å². The maximum atomic E-state index is 4.38. The van der Waals surface area contributed by atoms with E-state index in [0.29, 0.717) is 0 Å². The Morgan fingerprint density at radius 2 is 1.87 bits per heavy atom. The van der Waals surface area contributed by atoms with Crippen LogP contribution in [0.2, 0.25) is 0 Å². The van der Waals surface area contributed by atoms with E-state index in [-0.39, 0.29) is 5.41 Å². The van der Waals surface area contributed by atoms with Crippen LogP contribution in [0.3, 0.4) is 0 Å². The van der Waals surface area contributed by atoms with Crippen LogP contribution in [0, 0.1) is 0 Å². The second kappa shape index (κ2) is 3.78. The molecule has 0 radical (unpaired) electrons. The van der Waals surface area contributed by atoms with E-state index in [2.05, 4.69) is 55.4 Å². The van der Waals surface area contributed by atoms with E-state index >= 15 is 0 Å². The zero-order valence-corrected chi connectivity index (χ0v) is 10.1. The van der Waals surface area contributed by atoms with Crippen molar-refractivity contribution in [2.45, 2.75) is 26.2 Å². The second-order valence-electron chi connectivity index (χ2n) is 4.67. The normalized spacial score (nSPS) is 11.7. The monoisotopic (exact) mass is 217 g/mol. The number of nitrogens with zero attached hydrogens (tertiary/aromatic N) is 1. The standard InChI is InChI=1S/C13H15NS/c1-13(2,3)11-7-5-4-6-10(11)12-8-15-9-14-12/h4-9H,1-3H3. The fourth-order valence-electron chi connectivity index (χ4n) is 1.71. The van der Waals surface area contributed by atoms with Crippen LogP contribution in [0.5, 0.6) is 0 Å². The van der Waals surface area contributed by atoms with Crippen molar-refractivity contribution in [2.24, 2.45) is 0 Å². The number of hydrogen-bond acceptors (Lipinski definition) is 2. The second-order valence-corrected chi connectivity index (χ2v) is 5.39. The van der Waals surface area contributed by atoms with Crippen molar-refractivity contribution in [3.05, 3.63) is 40.7 Å². The maximum Gasteiger partial charge on any atom is 0.0814 e. The highest BCUT2D eigenvalue weighted by atomic mass is 32.1. The largest absolute Gasteiger partial charge is 0.245 e. The summed E-state index contributed by atoms with van der Waals surface area (Å²) >= 11 is 1.64. The van der Waals surface area contributed by atoms with Gasteiger partial charge < -0.3 is 0 Å². The first-order valence-corrected chi connectivity index (χ1v) is 6.01. The molecule has 0 unspecified atom stereocenters. The molecule has 2 heteroatoms. The Morgan fingerprint density at radius 3 is 2.47 bits per heavy atom. The summed E-state index contributed by atoms with van der Waals surface area (Å²) in [6, 6.07) is 8.50. The van der Waals surface area contributed by atoms with Gasteiger partial charge in [0.1, 0.15) is 0 Å². The lowest BCUT2D eigenvalue weighted by Gasteiger charge is -2.22. The summed E-state index contributed by atoms with van der Waals surface area (Å²) < 4.78 is 0. The number of aromatic nitrogens is 1. The van der Waals surface area contributed by atoms with E-state index in [1.165, 1.54) is 11.1 Å². The predicted molar refractivity (Wildman–Crippen MR) is 66.3 cm³/mol. The van der Waals surface area contributed by atoms with Crippen LogP contribution in [-0.4, -0.2) is 4.98 Å². The number of benzene rings is 1. The molecule has 2 rings (SSSR count). The minimum Gasteiger partial charge on any atom is -0.245 e. The Balaban J connectivity index is 2.58. The van der Waals surface area contributed by atoms with Gasteiger partial charge in [0.05, 0.1) is 11.2 Å². The molecule has 2 aromatic rings. The molecule has 0 saturated carbocycles. The van der Waals surface area contributed by atoms with Gasteiger partial charge in [-0.2, -0.15) is 0 Å². The summed E-state index contributed by atoms with van der Waals surface area (Å²) in [6.07, 6.45) is 0. The van der Waals surface area contributed by atoms with E-state index in [1.54, 1.807) is 11.3 Å². The van der Waals surface area contributed by atoms with Crippen LogP contribution < -0.4 is 0 Å². The van der Waals surface area contributed by atoms with Crippen molar-refractivity contribution in [1.29, 1.82) is 0 Å². The average molecular weight is 217 g/mol. The average Bonchev–Trinajstić information content (AvgIpc) is 2.69. The van der Waals surface area contributed by atoms with Crippen LogP contribution in [-0.2, 0) is 5.41 Å². The first-order valence-electron chi connectivity index (χ1n) is 5.07. The molecule has 0 bridgehead atoms. The van der Waals surface area contributed by atoms with Gasteiger partial charge in [-0.1, -0.05) is 45.0 Å².